The highest BCUT2D eigenvalue weighted by molar-refractivity contribution is 9.10. The van der Waals surface area contributed by atoms with Crippen LogP contribution in [-0.2, 0) is 7.05 Å². The Morgan fingerprint density at radius 2 is 2.06 bits per heavy atom. The number of aryl methyl sites for hydroxylation is 1. The largest absolute Gasteiger partial charge is 0.454 e. The number of hydrogen-bond donors (Lipinski definition) is 0. The summed E-state index contributed by atoms with van der Waals surface area (Å²) < 4.78 is 7.03. The highest BCUT2D eigenvalue weighted by atomic mass is 79.9. The first-order valence-corrected chi connectivity index (χ1v) is 5.81. The van der Waals surface area contributed by atoms with Gasteiger partial charge in [0, 0.05) is 7.05 Å². The maximum absolute atomic E-state index is 11.6. The summed E-state index contributed by atoms with van der Waals surface area (Å²) >= 11 is 3.17. The first kappa shape index (κ1) is 12.3. The number of nitriles is 1. The number of nitrogens with zero attached hydrogens (tertiary/aromatic N) is 3. The Bertz CT molecular complexity index is 671. The summed E-state index contributed by atoms with van der Waals surface area (Å²) in [5, 5.41) is 12.5. The quantitative estimate of drug-likeness (QED) is 0.853. The summed E-state index contributed by atoms with van der Waals surface area (Å²) in [7, 11) is 1.55. The van der Waals surface area contributed by atoms with Gasteiger partial charge in [-0.25, -0.2) is 4.68 Å². The van der Waals surface area contributed by atoms with Crippen LogP contribution in [0.3, 0.4) is 0 Å². The maximum atomic E-state index is 11.6. The van der Waals surface area contributed by atoms with Crippen LogP contribution in [0.4, 0.5) is 0 Å². The molecule has 5 nitrogen and oxygen atoms in total. The molecule has 0 saturated heterocycles. The highest BCUT2D eigenvalue weighted by Gasteiger charge is 2.08. The Hall–Kier alpha value is -2.13. The predicted octanol–water partition coefficient (Wildman–Crippen LogP) is 2.21. The van der Waals surface area contributed by atoms with Gasteiger partial charge in [0.25, 0.3) is 5.56 Å². The van der Waals surface area contributed by atoms with E-state index in [1.54, 1.807) is 31.3 Å². The number of rotatable bonds is 2. The van der Waals surface area contributed by atoms with Crippen LogP contribution in [0.25, 0.3) is 0 Å². The Balaban J connectivity index is 2.32. The lowest BCUT2D eigenvalue weighted by Crippen LogP contribution is -2.20. The molecule has 0 atom stereocenters. The Morgan fingerprint density at radius 3 is 2.67 bits per heavy atom. The summed E-state index contributed by atoms with van der Waals surface area (Å²) in [5.41, 5.74) is 0.268. The number of halogens is 1. The van der Waals surface area contributed by atoms with E-state index >= 15 is 0 Å². The minimum Gasteiger partial charge on any atom is -0.454 e. The average molecular weight is 306 g/mol. The van der Waals surface area contributed by atoms with Gasteiger partial charge in [0.1, 0.15) is 10.2 Å². The molecule has 0 aliphatic rings. The third kappa shape index (κ3) is 2.41. The van der Waals surface area contributed by atoms with Gasteiger partial charge in [0.2, 0.25) is 0 Å². The van der Waals surface area contributed by atoms with Crippen LogP contribution in [0.15, 0.2) is 39.7 Å². The number of ether oxygens (including phenoxy) is 1. The topological polar surface area (TPSA) is 67.9 Å². The van der Waals surface area contributed by atoms with Gasteiger partial charge in [-0.3, -0.25) is 4.79 Å². The molecule has 0 bridgehead atoms. The lowest BCUT2D eigenvalue weighted by Gasteiger charge is -2.07. The molecule has 0 N–H and O–H groups in total. The molecular formula is C12H8BrN3O2. The second-order valence-electron chi connectivity index (χ2n) is 3.49. The zero-order chi connectivity index (χ0) is 13.1. The summed E-state index contributed by atoms with van der Waals surface area (Å²) in [6.07, 6.45) is 1.45. The van der Waals surface area contributed by atoms with Gasteiger partial charge >= 0.3 is 0 Å². The molecule has 0 unspecified atom stereocenters. The van der Waals surface area contributed by atoms with Gasteiger partial charge in [-0.15, -0.1) is 0 Å². The second kappa shape index (κ2) is 5.02. The van der Waals surface area contributed by atoms with E-state index in [2.05, 4.69) is 21.0 Å². The molecule has 0 saturated carbocycles. The van der Waals surface area contributed by atoms with E-state index in [1.165, 1.54) is 10.9 Å². The molecular weight excluding hydrogens is 298 g/mol. The molecule has 0 amide bonds. The highest BCUT2D eigenvalue weighted by Crippen LogP contribution is 2.25. The van der Waals surface area contributed by atoms with Crippen molar-refractivity contribution in [2.75, 3.05) is 0 Å². The van der Waals surface area contributed by atoms with Crippen molar-refractivity contribution < 1.29 is 4.74 Å². The molecule has 0 aliphatic heterocycles. The molecule has 0 aliphatic carbocycles. The fourth-order valence-corrected chi connectivity index (χ4v) is 1.73. The first-order chi connectivity index (χ1) is 8.61. The van der Waals surface area contributed by atoms with E-state index in [4.69, 9.17) is 10.00 Å². The summed E-state index contributed by atoms with van der Waals surface area (Å²) in [6, 6.07) is 8.60. The molecule has 0 radical (unpaired) electrons. The van der Waals surface area contributed by atoms with Gasteiger partial charge in [0.15, 0.2) is 5.75 Å². The molecule has 2 aromatic rings. The third-order valence-corrected chi connectivity index (χ3v) is 2.99. The molecule has 1 aromatic carbocycles. The Kier molecular flexibility index (Phi) is 3.44. The van der Waals surface area contributed by atoms with Crippen molar-refractivity contribution in [1.82, 2.24) is 9.78 Å². The van der Waals surface area contributed by atoms with Crippen molar-refractivity contribution in [2.45, 2.75) is 0 Å². The normalized spacial score (nSPS) is 9.83. The smallest absolute Gasteiger partial charge is 0.284 e. The van der Waals surface area contributed by atoms with E-state index < -0.39 is 0 Å². The Labute approximate surface area is 111 Å². The fraction of sp³-hybridized carbons (Fsp3) is 0.0833. The molecule has 90 valence electrons. The lowest BCUT2D eigenvalue weighted by atomic mass is 10.2. The fourth-order valence-electron chi connectivity index (χ4n) is 1.29. The van der Waals surface area contributed by atoms with Crippen molar-refractivity contribution in [3.05, 3.63) is 50.9 Å². The van der Waals surface area contributed by atoms with Crippen LogP contribution >= 0.6 is 15.9 Å². The van der Waals surface area contributed by atoms with Gasteiger partial charge < -0.3 is 4.74 Å². The minimum absolute atomic E-state index is 0.277. The third-order valence-electron chi connectivity index (χ3n) is 2.26. The number of hydrogen-bond acceptors (Lipinski definition) is 4. The van der Waals surface area contributed by atoms with E-state index in [1.807, 2.05) is 6.07 Å². The van der Waals surface area contributed by atoms with E-state index in [0.717, 1.165) is 0 Å². The van der Waals surface area contributed by atoms with Crippen LogP contribution in [0.2, 0.25) is 0 Å². The zero-order valence-electron chi connectivity index (χ0n) is 9.42. The maximum Gasteiger partial charge on any atom is 0.284 e. The number of benzene rings is 1. The zero-order valence-corrected chi connectivity index (χ0v) is 11.0. The van der Waals surface area contributed by atoms with E-state index in [9.17, 15) is 4.79 Å². The summed E-state index contributed by atoms with van der Waals surface area (Å²) in [6.45, 7) is 0. The van der Waals surface area contributed by atoms with Crippen LogP contribution in [0, 0.1) is 11.3 Å². The molecule has 1 heterocycles. The van der Waals surface area contributed by atoms with E-state index in [-0.39, 0.29) is 5.56 Å². The molecule has 6 heteroatoms. The van der Waals surface area contributed by atoms with Crippen LogP contribution in [0.1, 0.15) is 5.56 Å². The first-order valence-electron chi connectivity index (χ1n) is 5.01. The molecule has 2 rings (SSSR count). The van der Waals surface area contributed by atoms with Gasteiger partial charge in [-0.1, -0.05) is 0 Å². The number of aromatic nitrogens is 2. The summed E-state index contributed by atoms with van der Waals surface area (Å²) in [5.74, 6) is 0.868. The van der Waals surface area contributed by atoms with Gasteiger partial charge in [-0.2, -0.15) is 10.4 Å². The monoisotopic (exact) mass is 305 g/mol. The van der Waals surface area contributed by atoms with Crippen LogP contribution in [0.5, 0.6) is 11.5 Å². The van der Waals surface area contributed by atoms with Crippen molar-refractivity contribution in [3.63, 3.8) is 0 Å². The van der Waals surface area contributed by atoms with Gasteiger partial charge in [-0.05, 0) is 40.2 Å². The molecule has 0 spiro atoms. The lowest BCUT2D eigenvalue weighted by molar-refractivity contribution is 0.468. The summed E-state index contributed by atoms with van der Waals surface area (Å²) in [4.78, 5) is 11.6. The second-order valence-corrected chi connectivity index (χ2v) is 4.28. The predicted molar refractivity (Wildman–Crippen MR) is 68.4 cm³/mol. The molecule has 18 heavy (non-hydrogen) atoms. The molecule has 0 fully saturated rings. The van der Waals surface area contributed by atoms with Crippen molar-refractivity contribution in [2.24, 2.45) is 7.05 Å². The standard InChI is InChI=1S/C12H8BrN3O2/c1-16-12(17)11(13)10(7-15-16)18-9-4-2-8(6-14)3-5-9/h2-5,7H,1H3. The Morgan fingerprint density at radius 1 is 1.39 bits per heavy atom. The average Bonchev–Trinajstić information content (AvgIpc) is 2.40. The van der Waals surface area contributed by atoms with Crippen LogP contribution in [-0.4, -0.2) is 9.78 Å². The van der Waals surface area contributed by atoms with E-state index in [0.29, 0.717) is 21.5 Å². The van der Waals surface area contributed by atoms with Crippen LogP contribution < -0.4 is 10.3 Å². The van der Waals surface area contributed by atoms with Crippen molar-refractivity contribution >= 4 is 15.9 Å². The van der Waals surface area contributed by atoms with Crippen molar-refractivity contribution in [3.8, 4) is 17.6 Å². The van der Waals surface area contributed by atoms with Gasteiger partial charge in [0.05, 0.1) is 17.8 Å². The SMILES string of the molecule is Cn1ncc(Oc2ccc(C#N)cc2)c(Br)c1=O. The minimum atomic E-state index is -0.277. The molecule has 1 aromatic heterocycles. The van der Waals surface area contributed by atoms with Crippen molar-refractivity contribution in [1.29, 1.82) is 5.26 Å².